The van der Waals surface area contributed by atoms with E-state index in [0.29, 0.717) is 28.5 Å². The molecule has 10 heteroatoms. The highest BCUT2D eigenvalue weighted by molar-refractivity contribution is 7.90. The number of methoxy groups -OCH3 is 4. The van der Waals surface area contributed by atoms with Gasteiger partial charge in [0.1, 0.15) is 5.82 Å². The van der Waals surface area contributed by atoms with Crippen molar-refractivity contribution in [2.45, 2.75) is 4.90 Å². The fourth-order valence-electron chi connectivity index (χ4n) is 2.79. The minimum Gasteiger partial charge on any atom is -0.493 e. The Balaban J connectivity index is 2.06. The third-order valence-electron chi connectivity index (χ3n) is 4.26. The van der Waals surface area contributed by atoms with Gasteiger partial charge in [0.15, 0.2) is 23.0 Å². The molecule has 1 aromatic heterocycles. The Hall–Kier alpha value is -3.40. The van der Waals surface area contributed by atoms with Crippen LogP contribution in [0, 0.1) is 0 Å². The van der Waals surface area contributed by atoms with Crippen molar-refractivity contribution >= 4 is 15.8 Å². The van der Waals surface area contributed by atoms with E-state index in [1.54, 1.807) is 18.2 Å². The van der Waals surface area contributed by atoms with E-state index in [-0.39, 0.29) is 16.5 Å². The first-order valence-corrected chi connectivity index (χ1v) is 9.85. The Kier molecular flexibility index (Phi) is 5.55. The Morgan fingerprint density at radius 1 is 0.793 bits per heavy atom. The summed E-state index contributed by atoms with van der Waals surface area (Å²) in [5.74, 6) is 1.68. The maximum Gasteiger partial charge on any atom is 0.285 e. The third-order valence-corrected chi connectivity index (χ3v) is 5.86. The van der Waals surface area contributed by atoms with Gasteiger partial charge >= 0.3 is 0 Å². The molecule has 29 heavy (non-hydrogen) atoms. The Labute approximate surface area is 168 Å². The summed E-state index contributed by atoms with van der Waals surface area (Å²) < 4.78 is 47.7. The lowest BCUT2D eigenvalue weighted by atomic mass is 10.1. The number of aromatic nitrogens is 2. The predicted octanol–water partition coefficient (Wildman–Crippen LogP) is 2.40. The van der Waals surface area contributed by atoms with E-state index in [0.717, 1.165) is 4.09 Å². The van der Waals surface area contributed by atoms with Gasteiger partial charge in [-0.3, -0.25) is 0 Å². The molecule has 0 saturated heterocycles. The van der Waals surface area contributed by atoms with E-state index in [4.69, 9.17) is 24.7 Å². The van der Waals surface area contributed by atoms with Crippen LogP contribution in [0.2, 0.25) is 0 Å². The molecule has 0 aliphatic carbocycles. The SMILES string of the molecule is COc1ccc(-c2cc(N)n(S(=O)(=O)c3ccc(OC)c(OC)c3)n2)cc1OC. The average molecular weight is 419 g/mol. The second-order valence-electron chi connectivity index (χ2n) is 5.89. The molecular formula is C19H21N3O6S. The van der Waals surface area contributed by atoms with Crippen LogP contribution in [0.15, 0.2) is 47.4 Å². The summed E-state index contributed by atoms with van der Waals surface area (Å²) in [5.41, 5.74) is 6.95. The first-order valence-electron chi connectivity index (χ1n) is 8.41. The van der Waals surface area contributed by atoms with Crippen LogP contribution in [0.5, 0.6) is 23.0 Å². The fraction of sp³-hybridized carbons (Fsp3) is 0.211. The zero-order valence-electron chi connectivity index (χ0n) is 16.4. The molecule has 9 nitrogen and oxygen atoms in total. The standard InChI is InChI=1S/C19H21N3O6S/c1-25-15-7-5-12(9-17(15)27-3)14-11-19(20)22(21-14)29(23,24)13-6-8-16(26-2)18(10-13)28-4/h5-11H,20H2,1-4H3. The van der Waals surface area contributed by atoms with E-state index in [1.165, 1.54) is 52.7 Å². The molecule has 0 atom stereocenters. The van der Waals surface area contributed by atoms with Crippen LogP contribution in [0.3, 0.4) is 0 Å². The summed E-state index contributed by atoms with van der Waals surface area (Å²) in [5, 5.41) is 4.19. The van der Waals surface area contributed by atoms with Crippen molar-refractivity contribution in [3.05, 3.63) is 42.5 Å². The quantitative estimate of drug-likeness (QED) is 0.621. The zero-order chi connectivity index (χ0) is 21.2. The second-order valence-corrected chi connectivity index (χ2v) is 7.66. The highest BCUT2D eigenvalue weighted by Gasteiger charge is 2.24. The summed E-state index contributed by atoms with van der Waals surface area (Å²) in [6.45, 7) is 0. The molecule has 0 aliphatic heterocycles. The molecule has 0 fully saturated rings. The molecule has 0 radical (unpaired) electrons. The first kappa shape index (κ1) is 20.3. The zero-order valence-corrected chi connectivity index (χ0v) is 17.2. The summed E-state index contributed by atoms with van der Waals surface area (Å²) >= 11 is 0. The van der Waals surface area contributed by atoms with E-state index in [2.05, 4.69) is 5.10 Å². The Bertz CT molecular complexity index is 1140. The highest BCUT2D eigenvalue weighted by atomic mass is 32.2. The molecule has 0 spiro atoms. The minimum atomic E-state index is -4.05. The number of anilines is 1. The van der Waals surface area contributed by atoms with Crippen LogP contribution >= 0.6 is 0 Å². The maximum atomic E-state index is 13.1. The lowest BCUT2D eigenvalue weighted by molar-refractivity contribution is 0.354. The summed E-state index contributed by atoms with van der Waals surface area (Å²) in [4.78, 5) is -0.0381. The van der Waals surface area contributed by atoms with Gasteiger partial charge in [0, 0.05) is 17.7 Å². The van der Waals surface area contributed by atoms with Gasteiger partial charge < -0.3 is 24.7 Å². The number of nitrogens with two attached hydrogens (primary N) is 1. The molecule has 2 aromatic carbocycles. The topological polar surface area (TPSA) is 115 Å². The smallest absolute Gasteiger partial charge is 0.285 e. The van der Waals surface area contributed by atoms with Crippen molar-refractivity contribution in [3.8, 4) is 34.3 Å². The van der Waals surface area contributed by atoms with E-state index >= 15 is 0 Å². The van der Waals surface area contributed by atoms with Gasteiger partial charge in [-0.25, -0.2) is 0 Å². The molecule has 0 unspecified atom stereocenters. The lowest BCUT2D eigenvalue weighted by Gasteiger charge is -2.11. The summed E-state index contributed by atoms with van der Waals surface area (Å²) in [6.07, 6.45) is 0. The van der Waals surface area contributed by atoms with Crippen LogP contribution < -0.4 is 24.7 Å². The number of nitrogen functional groups attached to an aromatic ring is 1. The highest BCUT2D eigenvalue weighted by Crippen LogP contribution is 2.34. The monoisotopic (exact) mass is 419 g/mol. The normalized spacial score (nSPS) is 11.2. The number of ether oxygens (including phenoxy) is 4. The number of benzene rings is 2. The molecule has 0 amide bonds. The maximum absolute atomic E-state index is 13.1. The molecule has 1 heterocycles. The molecule has 2 N–H and O–H groups in total. The molecule has 0 bridgehead atoms. The van der Waals surface area contributed by atoms with Crippen LogP contribution in [0.1, 0.15) is 0 Å². The Morgan fingerprint density at radius 3 is 1.93 bits per heavy atom. The summed E-state index contributed by atoms with van der Waals surface area (Å²) in [6, 6.07) is 10.8. The third kappa shape index (κ3) is 3.66. The number of rotatable bonds is 7. The van der Waals surface area contributed by atoms with Crippen LogP contribution in [0.25, 0.3) is 11.3 Å². The summed E-state index contributed by atoms with van der Waals surface area (Å²) in [7, 11) is 1.87. The van der Waals surface area contributed by atoms with Crippen LogP contribution in [-0.2, 0) is 10.0 Å². The first-order chi connectivity index (χ1) is 13.8. The van der Waals surface area contributed by atoms with Gasteiger partial charge in [-0.1, -0.05) is 0 Å². The van der Waals surface area contributed by atoms with Crippen molar-refractivity contribution in [1.82, 2.24) is 9.19 Å². The van der Waals surface area contributed by atoms with Gasteiger partial charge in [0.05, 0.1) is 39.0 Å². The largest absolute Gasteiger partial charge is 0.493 e. The van der Waals surface area contributed by atoms with Crippen LogP contribution in [0.4, 0.5) is 5.82 Å². The van der Waals surface area contributed by atoms with Gasteiger partial charge in [-0.15, -0.1) is 4.09 Å². The van der Waals surface area contributed by atoms with E-state index in [1.807, 2.05) is 0 Å². The average Bonchev–Trinajstić information content (AvgIpc) is 3.15. The van der Waals surface area contributed by atoms with Gasteiger partial charge in [-0.2, -0.15) is 13.5 Å². The predicted molar refractivity (Wildman–Crippen MR) is 107 cm³/mol. The number of nitrogens with zero attached hydrogens (tertiary/aromatic N) is 2. The number of hydrogen-bond acceptors (Lipinski definition) is 8. The molecule has 3 rings (SSSR count). The molecule has 3 aromatic rings. The lowest BCUT2D eigenvalue weighted by Crippen LogP contribution is -2.17. The molecular weight excluding hydrogens is 398 g/mol. The molecule has 0 aliphatic rings. The van der Waals surface area contributed by atoms with Crippen molar-refractivity contribution < 1.29 is 27.4 Å². The molecule has 0 saturated carbocycles. The van der Waals surface area contributed by atoms with Crippen molar-refractivity contribution in [2.75, 3.05) is 34.2 Å². The minimum absolute atomic E-state index is 0.0374. The van der Waals surface area contributed by atoms with Crippen molar-refractivity contribution in [1.29, 1.82) is 0 Å². The van der Waals surface area contributed by atoms with E-state index in [9.17, 15) is 8.42 Å². The van der Waals surface area contributed by atoms with Gasteiger partial charge in [0.25, 0.3) is 10.0 Å². The van der Waals surface area contributed by atoms with Crippen molar-refractivity contribution in [2.24, 2.45) is 0 Å². The Morgan fingerprint density at radius 2 is 1.34 bits per heavy atom. The molecule has 154 valence electrons. The number of hydrogen-bond donors (Lipinski definition) is 1. The van der Waals surface area contributed by atoms with E-state index < -0.39 is 10.0 Å². The van der Waals surface area contributed by atoms with Gasteiger partial charge in [0.2, 0.25) is 0 Å². The second kappa shape index (κ2) is 7.92. The van der Waals surface area contributed by atoms with Crippen LogP contribution in [-0.4, -0.2) is 46.0 Å². The fourth-order valence-corrected chi connectivity index (χ4v) is 4.01. The van der Waals surface area contributed by atoms with Crippen molar-refractivity contribution in [3.63, 3.8) is 0 Å². The van der Waals surface area contributed by atoms with Gasteiger partial charge in [-0.05, 0) is 30.3 Å².